The summed E-state index contributed by atoms with van der Waals surface area (Å²) < 4.78 is 5.67. The van der Waals surface area contributed by atoms with Crippen molar-refractivity contribution in [2.75, 3.05) is 11.9 Å². The number of nitrogens with one attached hydrogen (secondary N) is 1. The van der Waals surface area contributed by atoms with Crippen LogP contribution < -0.4 is 10.1 Å². The van der Waals surface area contributed by atoms with Crippen LogP contribution in [0.25, 0.3) is 0 Å². The van der Waals surface area contributed by atoms with Gasteiger partial charge in [0.05, 0.1) is 6.10 Å². The summed E-state index contributed by atoms with van der Waals surface area (Å²) in [6.45, 7) is 4.99. The topological polar surface area (TPSA) is 34.1 Å². The molecule has 0 saturated carbocycles. The van der Waals surface area contributed by atoms with E-state index in [0.29, 0.717) is 5.92 Å². The Balaban J connectivity index is 1.84. The van der Waals surface area contributed by atoms with Gasteiger partial charge in [-0.2, -0.15) is 0 Å². The van der Waals surface area contributed by atoms with Gasteiger partial charge in [-0.15, -0.1) is 0 Å². The number of anilines is 1. The summed E-state index contributed by atoms with van der Waals surface area (Å²) in [5.74, 6) is 2.32. The lowest BCUT2D eigenvalue weighted by Crippen LogP contribution is -2.06. The zero-order valence-electron chi connectivity index (χ0n) is 11.3. The average molecular weight is 254 g/mol. The van der Waals surface area contributed by atoms with Crippen molar-refractivity contribution in [3.8, 4) is 5.75 Å². The van der Waals surface area contributed by atoms with Crippen molar-refractivity contribution in [1.29, 1.82) is 0 Å². The molecule has 0 radical (unpaired) electrons. The van der Waals surface area contributed by atoms with E-state index in [1.165, 1.54) is 11.1 Å². The minimum atomic E-state index is 0.212. The third-order valence-corrected chi connectivity index (χ3v) is 3.34. The normalized spacial score (nSPS) is 17.1. The molecule has 2 heterocycles. The van der Waals surface area contributed by atoms with Crippen molar-refractivity contribution in [2.45, 2.75) is 25.9 Å². The van der Waals surface area contributed by atoms with E-state index in [1.807, 2.05) is 38.2 Å². The second-order valence-corrected chi connectivity index (χ2v) is 5.11. The molecule has 0 fully saturated rings. The summed E-state index contributed by atoms with van der Waals surface area (Å²) in [5, 5.41) is 3.35. The van der Waals surface area contributed by atoms with E-state index in [4.69, 9.17) is 4.74 Å². The first kappa shape index (κ1) is 12.0. The molecule has 3 rings (SSSR count). The highest BCUT2D eigenvalue weighted by atomic mass is 16.5. The van der Waals surface area contributed by atoms with Crippen molar-refractivity contribution in [2.24, 2.45) is 0 Å². The van der Waals surface area contributed by atoms with Gasteiger partial charge in [0, 0.05) is 24.2 Å². The number of pyridine rings is 1. The summed E-state index contributed by atoms with van der Waals surface area (Å²) in [6, 6.07) is 12.5. The van der Waals surface area contributed by atoms with Gasteiger partial charge in [0.1, 0.15) is 11.6 Å². The lowest BCUT2D eigenvalue weighted by molar-refractivity contribution is 0.242. The van der Waals surface area contributed by atoms with Crippen LogP contribution >= 0.6 is 0 Å². The maximum Gasteiger partial charge on any atom is 0.129 e. The molecule has 98 valence electrons. The van der Waals surface area contributed by atoms with Crippen LogP contribution in [0, 0.1) is 0 Å². The van der Waals surface area contributed by atoms with Gasteiger partial charge in [0.25, 0.3) is 0 Å². The van der Waals surface area contributed by atoms with E-state index < -0.39 is 0 Å². The van der Waals surface area contributed by atoms with Crippen LogP contribution in [0.15, 0.2) is 42.6 Å². The van der Waals surface area contributed by atoms with Crippen molar-refractivity contribution >= 4 is 5.82 Å². The first-order valence-corrected chi connectivity index (χ1v) is 6.69. The Bertz CT molecular complexity index is 563. The Labute approximate surface area is 113 Å². The monoisotopic (exact) mass is 254 g/mol. The molecule has 2 aromatic rings. The SMILES string of the molecule is CC(C)Oc1ccc(C2CNc3ncccc32)cc1. The van der Waals surface area contributed by atoms with Crippen molar-refractivity contribution in [1.82, 2.24) is 4.98 Å². The fraction of sp³-hybridized carbons (Fsp3) is 0.312. The molecule has 1 aliphatic rings. The Morgan fingerprint density at radius 1 is 1.21 bits per heavy atom. The molecule has 0 saturated heterocycles. The molecular formula is C16H18N2O. The highest BCUT2D eigenvalue weighted by molar-refractivity contribution is 5.55. The lowest BCUT2D eigenvalue weighted by Gasteiger charge is -2.13. The molecule has 1 aromatic carbocycles. The van der Waals surface area contributed by atoms with Crippen LogP contribution in [0.1, 0.15) is 30.9 Å². The Morgan fingerprint density at radius 2 is 2.00 bits per heavy atom. The van der Waals surface area contributed by atoms with Gasteiger partial charge in [0.2, 0.25) is 0 Å². The molecule has 0 bridgehead atoms. The molecule has 19 heavy (non-hydrogen) atoms. The molecule has 1 N–H and O–H groups in total. The first-order chi connectivity index (χ1) is 9.24. The summed E-state index contributed by atoms with van der Waals surface area (Å²) >= 11 is 0. The molecule has 1 atom stereocenters. The van der Waals surface area contributed by atoms with Crippen LogP contribution in [0.4, 0.5) is 5.82 Å². The van der Waals surface area contributed by atoms with Gasteiger partial charge in [-0.1, -0.05) is 18.2 Å². The minimum absolute atomic E-state index is 0.212. The standard InChI is InChI=1S/C16H18N2O/c1-11(2)19-13-7-5-12(6-8-13)15-10-18-16-14(15)4-3-9-17-16/h3-9,11,15H,10H2,1-2H3,(H,17,18). The van der Waals surface area contributed by atoms with E-state index in [9.17, 15) is 0 Å². The maximum absolute atomic E-state index is 5.67. The van der Waals surface area contributed by atoms with E-state index in [1.54, 1.807) is 0 Å². The fourth-order valence-corrected chi connectivity index (χ4v) is 2.50. The molecule has 0 spiro atoms. The highest BCUT2D eigenvalue weighted by Crippen LogP contribution is 2.34. The van der Waals surface area contributed by atoms with E-state index in [2.05, 4.69) is 28.5 Å². The van der Waals surface area contributed by atoms with E-state index in [0.717, 1.165) is 18.1 Å². The van der Waals surface area contributed by atoms with Gasteiger partial charge in [-0.05, 0) is 37.6 Å². The van der Waals surface area contributed by atoms with Gasteiger partial charge < -0.3 is 10.1 Å². The summed E-state index contributed by atoms with van der Waals surface area (Å²) in [6.07, 6.45) is 2.04. The number of aromatic nitrogens is 1. The zero-order valence-corrected chi connectivity index (χ0v) is 11.3. The molecule has 0 aliphatic carbocycles. The van der Waals surface area contributed by atoms with Crippen LogP contribution in [0.3, 0.4) is 0 Å². The third kappa shape index (κ3) is 2.41. The predicted octanol–water partition coefficient (Wildman–Crippen LogP) is 3.43. The molecule has 1 aliphatic heterocycles. The van der Waals surface area contributed by atoms with Crippen LogP contribution in [0.2, 0.25) is 0 Å². The molecule has 1 unspecified atom stereocenters. The zero-order chi connectivity index (χ0) is 13.2. The smallest absolute Gasteiger partial charge is 0.129 e. The second-order valence-electron chi connectivity index (χ2n) is 5.11. The number of rotatable bonds is 3. The van der Waals surface area contributed by atoms with Crippen molar-refractivity contribution in [3.63, 3.8) is 0 Å². The number of nitrogens with zero attached hydrogens (tertiary/aromatic N) is 1. The summed E-state index contributed by atoms with van der Waals surface area (Å²) in [4.78, 5) is 4.36. The summed E-state index contributed by atoms with van der Waals surface area (Å²) in [5.41, 5.74) is 2.58. The van der Waals surface area contributed by atoms with Crippen LogP contribution in [-0.2, 0) is 0 Å². The maximum atomic E-state index is 5.67. The molecule has 0 amide bonds. The molecule has 3 heteroatoms. The van der Waals surface area contributed by atoms with Gasteiger partial charge in [-0.3, -0.25) is 0 Å². The fourth-order valence-electron chi connectivity index (χ4n) is 2.50. The Kier molecular flexibility index (Phi) is 3.11. The van der Waals surface area contributed by atoms with Crippen LogP contribution in [-0.4, -0.2) is 17.6 Å². The van der Waals surface area contributed by atoms with Gasteiger partial charge >= 0.3 is 0 Å². The second kappa shape index (κ2) is 4.92. The number of fused-ring (bicyclic) bond motifs is 1. The largest absolute Gasteiger partial charge is 0.491 e. The Hall–Kier alpha value is -2.03. The third-order valence-electron chi connectivity index (χ3n) is 3.34. The quantitative estimate of drug-likeness (QED) is 0.911. The lowest BCUT2D eigenvalue weighted by atomic mass is 9.94. The molecule has 3 nitrogen and oxygen atoms in total. The average Bonchev–Trinajstić information content (AvgIpc) is 2.83. The summed E-state index contributed by atoms with van der Waals surface area (Å²) in [7, 11) is 0. The van der Waals surface area contributed by atoms with Gasteiger partial charge in [0.15, 0.2) is 0 Å². The van der Waals surface area contributed by atoms with Crippen molar-refractivity contribution in [3.05, 3.63) is 53.7 Å². The molecule has 1 aromatic heterocycles. The predicted molar refractivity (Wildman–Crippen MR) is 76.8 cm³/mol. The number of benzene rings is 1. The first-order valence-electron chi connectivity index (χ1n) is 6.69. The Morgan fingerprint density at radius 3 is 2.74 bits per heavy atom. The van der Waals surface area contributed by atoms with Crippen molar-refractivity contribution < 1.29 is 4.74 Å². The van der Waals surface area contributed by atoms with Gasteiger partial charge in [-0.25, -0.2) is 4.98 Å². The van der Waals surface area contributed by atoms with Crippen LogP contribution in [0.5, 0.6) is 5.75 Å². The minimum Gasteiger partial charge on any atom is -0.491 e. The van der Waals surface area contributed by atoms with E-state index >= 15 is 0 Å². The highest BCUT2D eigenvalue weighted by Gasteiger charge is 2.24. The van der Waals surface area contributed by atoms with E-state index in [-0.39, 0.29) is 6.10 Å². The number of hydrogen-bond acceptors (Lipinski definition) is 3. The number of ether oxygens (including phenoxy) is 1. The molecular weight excluding hydrogens is 236 g/mol. The number of hydrogen-bond donors (Lipinski definition) is 1.